The van der Waals surface area contributed by atoms with Crippen molar-refractivity contribution in [2.75, 3.05) is 43.6 Å². The molecule has 10 nitrogen and oxygen atoms in total. The molecule has 2 fully saturated rings. The quantitative estimate of drug-likeness (QED) is 0.295. The number of primary amides is 1. The summed E-state index contributed by atoms with van der Waals surface area (Å²) in [6, 6.07) is 13.5. The number of aromatic nitrogens is 1. The zero-order chi connectivity index (χ0) is 33.1. The second-order valence-corrected chi connectivity index (χ2v) is 13.6. The molecule has 46 heavy (non-hydrogen) atoms. The number of pyridine rings is 1. The summed E-state index contributed by atoms with van der Waals surface area (Å²) in [6.45, 7) is 2.80. The molecule has 14 heteroatoms. The lowest BCUT2D eigenvalue weighted by Gasteiger charge is -2.28. The summed E-state index contributed by atoms with van der Waals surface area (Å²) in [6.07, 6.45) is -3.73. The molecule has 0 bridgehead atoms. The van der Waals surface area contributed by atoms with E-state index in [1.165, 1.54) is 30.3 Å². The van der Waals surface area contributed by atoms with E-state index in [-0.39, 0.29) is 39.8 Å². The Balaban J connectivity index is 1.44. The second kappa shape index (κ2) is 14.0. The molecule has 0 radical (unpaired) electrons. The number of halogens is 3. The molecule has 5 rings (SSSR count). The number of amides is 1. The van der Waals surface area contributed by atoms with Gasteiger partial charge in [0.2, 0.25) is 0 Å². The lowest BCUT2D eigenvalue weighted by Crippen LogP contribution is -2.36. The standard InChI is InChI=1S/C32H36F3N3O7S/c1-2-46(41,42)26-9-3-20(4-10-26)28(17-39)30-27(31(36)40)11-12-29(37-30)38-16-25(15-22(38)18-44-24-13-14-43-19-24)45-23-7-5-21(6-8-23)32(33,34)35/h3-12,22,24-25,28,39H,2,13-19H2,1H3,(H2,36,40)/t22-,24?,25+,28+/m0/s1. The van der Waals surface area contributed by atoms with Crippen LogP contribution < -0.4 is 15.4 Å². The smallest absolute Gasteiger partial charge is 0.416 e. The first-order chi connectivity index (χ1) is 21.9. The first-order valence-electron chi connectivity index (χ1n) is 14.9. The Bertz CT molecular complexity index is 1610. The van der Waals surface area contributed by atoms with Gasteiger partial charge in [-0.05, 0) is 60.5 Å². The lowest BCUT2D eigenvalue weighted by molar-refractivity contribution is -0.137. The highest BCUT2D eigenvalue weighted by molar-refractivity contribution is 7.91. The molecule has 1 amide bonds. The van der Waals surface area contributed by atoms with Gasteiger partial charge in [0.05, 0.1) is 71.9 Å². The Morgan fingerprint density at radius 3 is 2.41 bits per heavy atom. The van der Waals surface area contributed by atoms with Crippen LogP contribution >= 0.6 is 0 Å². The van der Waals surface area contributed by atoms with Gasteiger partial charge >= 0.3 is 6.18 Å². The van der Waals surface area contributed by atoms with Gasteiger partial charge in [-0.2, -0.15) is 13.2 Å². The minimum Gasteiger partial charge on any atom is -0.489 e. The summed E-state index contributed by atoms with van der Waals surface area (Å²) in [5, 5.41) is 10.5. The first-order valence-corrected chi connectivity index (χ1v) is 16.6. The van der Waals surface area contributed by atoms with Crippen LogP contribution in [0.1, 0.15) is 52.9 Å². The maximum atomic E-state index is 13.1. The number of anilines is 1. The van der Waals surface area contributed by atoms with E-state index in [4.69, 9.17) is 24.9 Å². The number of rotatable bonds is 12. The number of benzene rings is 2. The molecule has 2 saturated heterocycles. The molecule has 248 valence electrons. The number of ether oxygens (including phenoxy) is 3. The van der Waals surface area contributed by atoms with E-state index in [1.807, 2.05) is 4.90 Å². The highest BCUT2D eigenvalue weighted by Crippen LogP contribution is 2.34. The predicted octanol–water partition coefficient (Wildman–Crippen LogP) is 3.95. The van der Waals surface area contributed by atoms with Crippen molar-refractivity contribution in [3.63, 3.8) is 0 Å². The molecule has 3 N–H and O–H groups in total. The van der Waals surface area contributed by atoms with Crippen molar-refractivity contribution in [2.45, 2.75) is 55.0 Å². The Morgan fingerprint density at radius 2 is 1.83 bits per heavy atom. The summed E-state index contributed by atoms with van der Waals surface area (Å²) in [5.74, 6) is -0.867. The SMILES string of the molecule is CCS(=O)(=O)c1ccc([C@@H](CO)c2nc(N3C[C@H](Oc4ccc(C(F)(F)F)cc4)C[C@H]3COC3CCOC3)ccc2C(N)=O)cc1. The number of alkyl halides is 3. The number of hydrogen-bond donors (Lipinski definition) is 2. The van der Waals surface area contributed by atoms with Crippen LogP contribution in [-0.4, -0.2) is 81.4 Å². The van der Waals surface area contributed by atoms with Gasteiger partial charge in [0.25, 0.3) is 5.91 Å². The Labute approximate surface area is 265 Å². The van der Waals surface area contributed by atoms with E-state index in [0.717, 1.165) is 18.6 Å². The van der Waals surface area contributed by atoms with Crippen LogP contribution in [0.25, 0.3) is 0 Å². The molecular formula is C32H36F3N3O7S. The number of sulfone groups is 1. The predicted molar refractivity (Wildman–Crippen MR) is 163 cm³/mol. The van der Waals surface area contributed by atoms with Crippen molar-refractivity contribution in [1.29, 1.82) is 0 Å². The van der Waals surface area contributed by atoms with Crippen molar-refractivity contribution in [2.24, 2.45) is 5.73 Å². The largest absolute Gasteiger partial charge is 0.489 e. The number of nitrogens with zero attached hydrogens (tertiary/aromatic N) is 2. The summed E-state index contributed by atoms with van der Waals surface area (Å²) < 4.78 is 81.5. The van der Waals surface area contributed by atoms with Crippen LogP contribution in [0.4, 0.5) is 19.0 Å². The van der Waals surface area contributed by atoms with E-state index in [1.54, 1.807) is 25.1 Å². The van der Waals surface area contributed by atoms with Crippen LogP contribution in [0.2, 0.25) is 0 Å². The number of carbonyl (C=O) groups is 1. The molecule has 3 aromatic rings. The molecule has 2 aromatic carbocycles. The Morgan fingerprint density at radius 1 is 1.11 bits per heavy atom. The summed E-state index contributed by atoms with van der Waals surface area (Å²) in [5.41, 5.74) is 5.78. The molecule has 3 heterocycles. The van der Waals surface area contributed by atoms with Gasteiger partial charge in [-0.1, -0.05) is 19.1 Å². The molecule has 2 aliphatic rings. The van der Waals surface area contributed by atoms with E-state index in [9.17, 15) is 31.5 Å². The van der Waals surface area contributed by atoms with Crippen LogP contribution in [0, 0.1) is 0 Å². The van der Waals surface area contributed by atoms with E-state index >= 15 is 0 Å². The van der Waals surface area contributed by atoms with Crippen LogP contribution in [0.15, 0.2) is 65.6 Å². The van der Waals surface area contributed by atoms with Gasteiger partial charge in [-0.15, -0.1) is 0 Å². The molecule has 1 aromatic heterocycles. The van der Waals surface area contributed by atoms with Crippen molar-refractivity contribution >= 4 is 21.6 Å². The zero-order valence-electron chi connectivity index (χ0n) is 25.2. The molecule has 1 unspecified atom stereocenters. The molecule has 4 atom stereocenters. The second-order valence-electron chi connectivity index (χ2n) is 11.3. The van der Waals surface area contributed by atoms with Gasteiger partial charge in [0.15, 0.2) is 9.84 Å². The normalized spacial score (nSPS) is 21.0. The molecule has 0 aliphatic carbocycles. The molecule has 2 aliphatic heterocycles. The highest BCUT2D eigenvalue weighted by atomic mass is 32.2. The van der Waals surface area contributed by atoms with Gasteiger partial charge in [-0.25, -0.2) is 13.4 Å². The lowest BCUT2D eigenvalue weighted by atomic mass is 9.92. The summed E-state index contributed by atoms with van der Waals surface area (Å²) in [4.78, 5) is 19.4. The van der Waals surface area contributed by atoms with Crippen LogP contribution in [0.5, 0.6) is 5.75 Å². The van der Waals surface area contributed by atoms with Crippen molar-refractivity contribution in [1.82, 2.24) is 4.98 Å². The summed E-state index contributed by atoms with van der Waals surface area (Å²) in [7, 11) is -3.45. The van der Waals surface area contributed by atoms with Gasteiger partial charge in [0, 0.05) is 13.0 Å². The van der Waals surface area contributed by atoms with Crippen LogP contribution in [-0.2, 0) is 25.5 Å². The minimum atomic E-state index is -4.46. The van der Waals surface area contributed by atoms with Crippen molar-refractivity contribution < 1.29 is 45.7 Å². The fourth-order valence-corrected chi connectivity index (χ4v) is 6.61. The maximum Gasteiger partial charge on any atom is 0.416 e. The highest BCUT2D eigenvalue weighted by Gasteiger charge is 2.37. The third-order valence-corrected chi connectivity index (χ3v) is 10.0. The average molecular weight is 664 g/mol. The van der Waals surface area contributed by atoms with Gasteiger partial charge in [0.1, 0.15) is 17.7 Å². The Hall–Kier alpha value is -3.72. The van der Waals surface area contributed by atoms with Crippen molar-refractivity contribution in [3.8, 4) is 5.75 Å². The van der Waals surface area contributed by atoms with E-state index in [2.05, 4.69) is 0 Å². The molecular weight excluding hydrogens is 627 g/mol. The third-order valence-electron chi connectivity index (χ3n) is 8.28. The van der Waals surface area contributed by atoms with E-state index < -0.39 is 46.1 Å². The number of hydrogen-bond acceptors (Lipinski definition) is 9. The van der Waals surface area contributed by atoms with E-state index in [0.29, 0.717) is 44.2 Å². The van der Waals surface area contributed by atoms with Gasteiger partial charge < -0.3 is 30.0 Å². The zero-order valence-corrected chi connectivity index (χ0v) is 26.0. The van der Waals surface area contributed by atoms with Crippen LogP contribution in [0.3, 0.4) is 0 Å². The topological polar surface area (TPSA) is 141 Å². The average Bonchev–Trinajstić information content (AvgIpc) is 3.70. The summed E-state index contributed by atoms with van der Waals surface area (Å²) >= 11 is 0. The Kier molecular flexibility index (Phi) is 10.2. The fourth-order valence-electron chi connectivity index (χ4n) is 5.73. The third kappa shape index (κ3) is 7.63. The molecule has 0 saturated carbocycles. The maximum absolute atomic E-state index is 13.1. The number of aliphatic hydroxyl groups is 1. The minimum absolute atomic E-state index is 0.0662. The van der Waals surface area contributed by atoms with Crippen molar-refractivity contribution in [3.05, 3.63) is 83.0 Å². The monoisotopic (exact) mass is 663 g/mol. The number of carbonyl (C=O) groups excluding carboxylic acids is 1. The number of aliphatic hydroxyl groups excluding tert-OH is 1. The first kappa shape index (κ1) is 33.6. The molecule has 0 spiro atoms. The van der Waals surface area contributed by atoms with Gasteiger partial charge in [-0.3, -0.25) is 4.79 Å². The fraction of sp³-hybridized carbons (Fsp3) is 0.438. The number of nitrogens with two attached hydrogens (primary N) is 1.